The zero-order valence-electron chi connectivity index (χ0n) is 14.1. The molecular weight excluding hydrogens is 314 g/mol. The number of piperidine rings is 1. The SMILES string of the molecule is O=C(CCn1cnc2ccccc21)N1CCC(c2cnccn2)CC1. The minimum atomic E-state index is 0.218. The van der Waals surface area contributed by atoms with Crippen LogP contribution in [0, 0.1) is 0 Å². The van der Waals surface area contributed by atoms with Crippen molar-refractivity contribution in [3.63, 3.8) is 0 Å². The molecule has 1 aliphatic rings. The highest BCUT2D eigenvalue weighted by molar-refractivity contribution is 5.77. The molecule has 128 valence electrons. The van der Waals surface area contributed by atoms with Gasteiger partial charge in [0.2, 0.25) is 5.91 Å². The van der Waals surface area contributed by atoms with Crippen molar-refractivity contribution in [2.24, 2.45) is 0 Å². The zero-order chi connectivity index (χ0) is 17.1. The van der Waals surface area contributed by atoms with Gasteiger partial charge in [-0.15, -0.1) is 0 Å². The molecule has 1 amide bonds. The summed E-state index contributed by atoms with van der Waals surface area (Å²) < 4.78 is 2.06. The van der Waals surface area contributed by atoms with Gasteiger partial charge in [-0.3, -0.25) is 14.8 Å². The normalized spacial score (nSPS) is 15.6. The second-order valence-corrected chi connectivity index (χ2v) is 6.46. The Morgan fingerprint density at radius 3 is 2.76 bits per heavy atom. The van der Waals surface area contributed by atoms with Crippen LogP contribution in [-0.2, 0) is 11.3 Å². The first-order valence-corrected chi connectivity index (χ1v) is 8.75. The second-order valence-electron chi connectivity index (χ2n) is 6.46. The number of nitrogens with zero attached hydrogens (tertiary/aromatic N) is 5. The van der Waals surface area contributed by atoms with E-state index in [4.69, 9.17) is 0 Å². The van der Waals surface area contributed by atoms with Crippen molar-refractivity contribution >= 4 is 16.9 Å². The molecule has 0 N–H and O–H groups in total. The molecule has 1 aromatic carbocycles. The third-order valence-corrected chi connectivity index (χ3v) is 4.94. The van der Waals surface area contributed by atoms with E-state index in [9.17, 15) is 4.79 Å². The first kappa shape index (κ1) is 15.7. The third-order valence-electron chi connectivity index (χ3n) is 4.94. The number of carbonyl (C=O) groups excluding carboxylic acids is 1. The van der Waals surface area contributed by atoms with E-state index in [2.05, 4.69) is 19.5 Å². The maximum absolute atomic E-state index is 12.5. The van der Waals surface area contributed by atoms with Crippen molar-refractivity contribution in [1.82, 2.24) is 24.4 Å². The number of rotatable bonds is 4. The number of hydrogen-bond acceptors (Lipinski definition) is 4. The largest absolute Gasteiger partial charge is 0.343 e. The number of carbonyl (C=O) groups is 1. The maximum Gasteiger partial charge on any atom is 0.224 e. The van der Waals surface area contributed by atoms with E-state index in [-0.39, 0.29) is 5.91 Å². The molecule has 1 saturated heterocycles. The molecule has 1 fully saturated rings. The van der Waals surface area contributed by atoms with Crippen LogP contribution in [0.25, 0.3) is 11.0 Å². The van der Waals surface area contributed by atoms with Crippen LogP contribution in [0.2, 0.25) is 0 Å². The number of likely N-dealkylation sites (tertiary alicyclic amines) is 1. The number of benzene rings is 1. The molecule has 0 radical (unpaired) electrons. The molecule has 4 rings (SSSR count). The Kier molecular flexibility index (Phi) is 4.41. The Hall–Kier alpha value is -2.76. The molecule has 0 aliphatic carbocycles. The molecule has 0 spiro atoms. The minimum Gasteiger partial charge on any atom is -0.343 e. The van der Waals surface area contributed by atoms with Crippen LogP contribution in [0.15, 0.2) is 49.2 Å². The van der Waals surface area contributed by atoms with Crippen LogP contribution in [0.3, 0.4) is 0 Å². The van der Waals surface area contributed by atoms with Crippen molar-refractivity contribution < 1.29 is 4.79 Å². The monoisotopic (exact) mass is 335 g/mol. The summed E-state index contributed by atoms with van der Waals surface area (Å²) in [6.07, 6.45) is 9.52. The van der Waals surface area contributed by atoms with E-state index in [0.29, 0.717) is 18.9 Å². The van der Waals surface area contributed by atoms with Gasteiger partial charge in [-0.2, -0.15) is 0 Å². The predicted molar refractivity (Wildman–Crippen MR) is 94.9 cm³/mol. The lowest BCUT2D eigenvalue weighted by atomic mass is 9.93. The van der Waals surface area contributed by atoms with Crippen LogP contribution < -0.4 is 0 Å². The lowest BCUT2D eigenvalue weighted by Crippen LogP contribution is -2.38. The fourth-order valence-electron chi connectivity index (χ4n) is 3.51. The van der Waals surface area contributed by atoms with Crippen molar-refractivity contribution in [2.45, 2.75) is 31.7 Å². The van der Waals surface area contributed by atoms with Gasteiger partial charge in [0.05, 0.1) is 23.1 Å². The van der Waals surface area contributed by atoms with Crippen LogP contribution >= 0.6 is 0 Å². The standard InChI is InChI=1S/C19H21N5O/c25-19(7-12-24-14-22-16-3-1-2-4-18(16)24)23-10-5-15(6-11-23)17-13-20-8-9-21-17/h1-4,8-9,13-15H,5-7,10-12H2. The molecular formula is C19H21N5O. The van der Waals surface area contributed by atoms with Gasteiger partial charge in [0.1, 0.15) is 0 Å². The van der Waals surface area contributed by atoms with E-state index in [0.717, 1.165) is 42.7 Å². The lowest BCUT2D eigenvalue weighted by molar-refractivity contribution is -0.132. The van der Waals surface area contributed by atoms with Gasteiger partial charge in [-0.05, 0) is 25.0 Å². The van der Waals surface area contributed by atoms with E-state index in [1.807, 2.05) is 41.7 Å². The number of aromatic nitrogens is 4. The van der Waals surface area contributed by atoms with E-state index >= 15 is 0 Å². The van der Waals surface area contributed by atoms with Gasteiger partial charge >= 0.3 is 0 Å². The topological polar surface area (TPSA) is 63.9 Å². The quantitative estimate of drug-likeness (QED) is 0.735. The maximum atomic E-state index is 12.5. The number of imidazole rings is 1. The number of amides is 1. The molecule has 6 heteroatoms. The van der Waals surface area contributed by atoms with Gasteiger partial charge in [-0.25, -0.2) is 4.98 Å². The molecule has 6 nitrogen and oxygen atoms in total. The average Bonchev–Trinajstić information content (AvgIpc) is 3.10. The summed E-state index contributed by atoms with van der Waals surface area (Å²) in [7, 11) is 0. The van der Waals surface area contributed by atoms with Crippen LogP contribution in [-0.4, -0.2) is 43.4 Å². The Balaban J connectivity index is 1.32. The van der Waals surface area contributed by atoms with Gasteiger partial charge in [0.15, 0.2) is 0 Å². The first-order chi connectivity index (χ1) is 12.3. The summed E-state index contributed by atoms with van der Waals surface area (Å²) >= 11 is 0. The van der Waals surface area contributed by atoms with Gasteiger partial charge in [0, 0.05) is 50.6 Å². The van der Waals surface area contributed by atoms with E-state index < -0.39 is 0 Å². The summed E-state index contributed by atoms with van der Waals surface area (Å²) in [6.45, 7) is 2.26. The molecule has 25 heavy (non-hydrogen) atoms. The van der Waals surface area contributed by atoms with Crippen molar-refractivity contribution in [1.29, 1.82) is 0 Å². The molecule has 3 aromatic rings. The number of hydrogen-bond donors (Lipinski definition) is 0. The highest BCUT2D eigenvalue weighted by Crippen LogP contribution is 2.26. The Morgan fingerprint density at radius 2 is 1.96 bits per heavy atom. The summed E-state index contributed by atoms with van der Waals surface area (Å²) in [5.74, 6) is 0.630. The average molecular weight is 335 g/mol. The summed E-state index contributed by atoms with van der Waals surface area (Å²) in [6, 6.07) is 8.01. The Labute approximate surface area is 146 Å². The molecule has 2 aromatic heterocycles. The fourth-order valence-corrected chi connectivity index (χ4v) is 3.51. The van der Waals surface area contributed by atoms with Crippen LogP contribution in [0.4, 0.5) is 0 Å². The van der Waals surface area contributed by atoms with Crippen molar-refractivity contribution in [2.75, 3.05) is 13.1 Å². The lowest BCUT2D eigenvalue weighted by Gasteiger charge is -2.31. The predicted octanol–water partition coefficient (Wildman–Crippen LogP) is 2.62. The van der Waals surface area contributed by atoms with Gasteiger partial charge in [0.25, 0.3) is 0 Å². The number of para-hydroxylation sites is 2. The molecule has 0 bridgehead atoms. The molecule has 0 saturated carbocycles. The molecule has 0 atom stereocenters. The van der Waals surface area contributed by atoms with Crippen molar-refractivity contribution in [3.8, 4) is 0 Å². The molecule has 1 aliphatic heterocycles. The second kappa shape index (κ2) is 7.01. The fraction of sp³-hybridized carbons (Fsp3) is 0.368. The highest BCUT2D eigenvalue weighted by atomic mass is 16.2. The number of aryl methyl sites for hydroxylation is 1. The summed E-state index contributed by atoms with van der Waals surface area (Å²) in [4.78, 5) is 27.4. The first-order valence-electron chi connectivity index (χ1n) is 8.75. The van der Waals surface area contributed by atoms with E-state index in [1.165, 1.54) is 0 Å². The van der Waals surface area contributed by atoms with Crippen LogP contribution in [0.1, 0.15) is 30.9 Å². The van der Waals surface area contributed by atoms with Gasteiger partial charge in [-0.1, -0.05) is 12.1 Å². The molecule has 0 unspecified atom stereocenters. The summed E-state index contributed by atoms with van der Waals surface area (Å²) in [5, 5.41) is 0. The molecule has 3 heterocycles. The smallest absolute Gasteiger partial charge is 0.224 e. The Bertz CT molecular complexity index is 852. The summed E-state index contributed by atoms with van der Waals surface area (Å²) in [5.41, 5.74) is 3.09. The van der Waals surface area contributed by atoms with Crippen LogP contribution in [0.5, 0.6) is 0 Å². The van der Waals surface area contributed by atoms with E-state index in [1.54, 1.807) is 12.4 Å². The van der Waals surface area contributed by atoms with Crippen molar-refractivity contribution in [3.05, 3.63) is 54.9 Å². The van der Waals surface area contributed by atoms with Gasteiger partial charge < -0.3 is 9.47 Å². The Morgan fingerprint density at radius 1 is 1.12 bits per heavy atom. The number of fused-ring (bicyclic) bond motifs is 1. The third kappa shape index (κ3) is 3.38. The highest BCUT2D eigenvalue weighted by Gasteiger charge is 2.24. The zero-order valence-corrected chi connectivity index (χ0v) is 14.1. The minimum absolute atomic E-state index is 0.218.